The van der Waals surface area contributed by atoms with Crippen LogP contribution in [0, 0.1) is 60.7 Å². The van der Waals surface area contributed by atoms with Crippen LogP contribution in [0.3, 0.4) is 0 Å². The second-order valence-corrected chi connectivity index (χ2v) is 12.3. The van der Waals surface area contributed by atoms with Crippen LogP contribution in [0.1, 0.15) is 0 Å². The summed E-state index contributed by atoms with van der Waals surface area (Å²) in [5.41, 5.74) is -6.53. The van der Waals surface area contributed by atoms with Crippen LogP contribution in [-0.2, 0) is 44.8 Å². The summed E-state index contributed by atoms with van der Waals surface area (Å²) in [6.45, 7) is 7.67. The largest absolute Gasteiger partial charge is 1.00 e. The van der Waals surface area contributed by atoms with Crippen molar-refractivity contribution in [3.05, 3.63) is 85.0 Å². The van der Waals surface area contributed by atoms with Crippen molar-refractivity contribution in [3.8, 4) is 11.5 Å². The maximum Gasteiger partial charge on any atom is 1.00 e. The second kappa shape index (κ2) is 39.6. The molecule has 0 aromatic heterocycles. The Hall–Kier alpha value is -4.56. The van der Waals surface area contributed by atoms with Crippen molar-refractivity contribution in [2.24, 2.45) is 0 Å². The fraction of sp³-hybridized carbons (Fsp3) is 0.625. The van der Waals surface area contributed by atoms with Gasteiger partial charge >= 0.3 is 44.8 Å². The molecule has 0 aliphatic carbocycles. The van der Waals surface area contributed by atoms with Crippen molar-refractivity contribution in [1.82, 2.24) is 19.6 Å². The molecule has 384 valence electrons. The number of benzene rings is 2. The molecular formula is C32H52Ag2N10O22. The monoisotopic (exact) mass is 1140 g/mol. The summed E-state index contributed by atoms with van der Waals surface area (Å²) in [4.78, 5) is 62.8. The molecule has 2 aromatic carbocycles. The third-order valence-electron chi connectivity index (χ3n) is 8.07. The summed E-state index contributed by atoms with van der Waals surface area (Å²) < 4.78 is 0. The van der Waals surface area contributed by atoms with E-state index in [4.69, 9.17) is 40.9 Å². The number of rotatable bonds is 28. The average molecular weight is 1140 g/mol. The topological polar surface area (TPSA) is 480 Å². The van der Waals surface area contributed by atoms with Gasteiger partial charge in [-0.05, 0) is 0 Å². The van der Waals surface area contributed by atoms with Crippen molar-refractivity contribution >= 4 is 34.1 Å². The first-order chi connectivity index (χ1) is 30.2. The molecule has 0 radical (unpaired) electrons. The smallest absolute Gasteiger partial charge is 0.863 e. The predicted octanol–water partition coefficient (Wildman–Crippen LogP) is -3.92. The summed E-state index contributed by atoms with van der Waals surface area (Å²) in [6.07, 6.45) is 0. The number of nitro benzene ring substituents is 6. The Morgan fingerprint density at radius 2 is 0.470 bits per heavy atom. The van der Waals surface area contributed by atoms with E-state index in [1.165, 1.54) is 0 Å². The van der Waals surface area contributed by atoms with Gasteiger partial charge in [0.05, 0.1) is 118 Å². The molecular weight excluding hydrogens is 1090 g/mol. The molecule has 0 aliphatic heterocycles. The Balaban J connectivity index is -0.000000384. The second-order valence-electron chi connectivity index (χ2n) is 12.3. The van der Waals surface area contributed by atoms with Crippen LogP contribution in [0.2, 0.25) is 0 Å². The molecule has 8 N–H and O–H groups in total. The van der Waals surface area contributed by atoms with Crippen LogP contribution in [-0.4, -0.2) is 221 Å². The number of nitro groups is 6. The summed E-state index contributed by atoms with van der Waals surface area (Å²) in [5.74, 6) is -2.92. The van der Waals surface area contributed by atoms with E-state index in [1.54, 1.807) is 0 Å². The third kappa shape index (κ3) is 27.8. The van der Waals surface area contributed by atoms with E-state index in [-0.39, 0.29) is 97.6 Å². The zero-order chi connectivity index (χ0) is 49.4. The van der Waals surface area contributed by atoms with Crippen molar-refractivity contribution in [2.75, 3.05) is 131 Å². The van der Waals surface area contributed by atoms with Crippen LogP contribution in [0.5, 0.6) is 11.5 Å². The minimum Gasteiger partial charge on any atom is -0.863 e. The molecule has 2 aromatic rings. The van der Waals surface area contributed by atoms with Crippen molar-refractivity contribution in [2.45, 2.75) is 0 Å². The molecule has 0 unspecified atom stereocenters. The van der Waals surface area contributed by atoms with Gasteiger partial charge in [0.15, 0.2) is 0 Å². The molecule has 34 heteroatoms. The van der Waals surface area contributed by atoms with E-state index < -0.39 is 75.2 Å². The molecule has 0 heterocycles. The fourth-order valence-electron chi connectivity index (χ4n) is 4.96. The standard InChI is InChI=1S/2C10H24N2O4.2C6H3N3O7.2Ag/c2*13-7-3-11(4-8-14)1-2-12(5-9-15)6-10-16;2*10-6-4(8(13)14)1-3(7(11)12)2-5(6)9(15)16;;/h2*13-16H,1-10H2;2*1-2,10H;;/q;;;;2*+1/p-2. The molecule has 66 heavy (non-hydrogen) atoms. The maximum atomic E-state index is 11.1. The molecule has 0 amide bonds. The van der Waals surface area contributed by atoms with Crippen molar-refractivity contribution < 1.29 is 125 Å². The first kappa shape index (κ1) is 68.0. The van der Waals surface area contributed by atoms with E-state index in [0.717, 1.165) is 0 Å². The van der Waals surface area contributed by atoms with Crippen LogP contribution in [0.15, 0.2) is 24.3 Å². The van der Waals surface area contributed by atoms with Gasteiger partial charge in [0, 0.05) is 78.5 Å². The summed E-state index contributed by atoms with van der Waals surface area (Å²) in [7, 11) is 0. The number of aliphatic hydroxyl groups excluding tert-OH is 8. The Kier molecular flexibility index (Phi) is 40.8. The van der Waals surface area contributed by atoms with Crippen LogP contribution < -0.4 is 10.2 Å². The van der Waals surface area contributed by atoms with Crippen LogP contribution in [0.4, 0.5) is 34.1 Å². The Morgan fingerprint density at radius 3 is 0.576 bits per heavy atom. The summed E-state index contributed by atoms with van der Waals surface area (Å²) >= 11 is 0. The van der Waals surface area contributed by atoms with E-state index in [0.29, 0.717) is 103 Å². The SMILES string of the molecule is O=[N+]([O-])c1cc([N+](=O)[O-])c([O-])c([N+](=O)[O-])c1.O=[N+]([O-])c1cc([N+](=O)[O-])c([O-])c([N+](=O)[O-])c1.OCCN(CCO)CCN(CCO)CCO.OCCN(CCO)CCN(CCO)CCO.[Ag+].[Ag+]. The van der Waals surface area contributed by atoms with Gasteiger partial charge in [-0.25, -0.2) is 0 Å². The number of non-ortho nitro benzene ring substituents is 2. The predicted molar refractivity (Wildman–Crippen MR) is 214 cm³/mol. The van der Waals surface area contributed by atoms with Gasteiger partial charge < -0.3 is 51.1 Å². The molecule has 0 spiro atoms. The number of hydrogen-bond donors (Lipinski definition) is 8. The van der Waals surface area contributed by atoms with E-state index >= 15 is 0 Å². The molecule has 0 saturated carbocycles. The number of nitrogens with zero attached hydrogens (tertiary/aromatic N) is 10. The Morgan fingerprint density at radius 1 is 0.318 bits per heavy atom. The van der Waals surface area contributed by atoms with Gasteiger partial charge in [0.1, 0.15) is 0 Å². The molecule has 2 rings (SSSR count). The van der Waals surface area contributed by atoms with Crippen molar-refractivity contribution in [1.29, 1.82) is 0 Å². The Bertz CT molecular complexity index is 1510. The Labute approximate surface area is 405 Å². The van der Waals surface area contributed by atoms with Crippen molar-refractivity contribution in [3.63, 3.8) is 0 Å². The molecule has 32 nitrogen and oxygen atoms in total. The van der Waals surface area contributed by atoms with Crippen LogP contribution in [0.25, 0.3) is 0 Å². The fourth-order valence-corrected chi connectivity index (χ4v) is 4.96. The zero-order valence-electron chi connectivity index (χ0n) is 34.8. The molecule has 0 fully saturated rings. The zero-order valence-corrected chi connectivity index (χ0v) is 37.8. The molecule has 0 aliphatic rings. The molecule has 0 atom stereocenters. The minimum absolute atomic E-state index is 0. The minimum atomic E-state index is -1.46. The van der Waals surface area contributed by atoms with Gasteiger partial charge in [-0.1, -0.05) is 0 Å². The molecule has 0 bridgehead atoms. The van der Waals surface area contributed by atoms with Gasteiger partial charge in [-0.15, -0.1) is 0 Å². The van der Waals surface area contributed by atoms with Gasteiger partial charge in [-0.2, -0.15) is 0 Å². The van der Waals surface area contributed by atoms with E-state index in [9.17, 15) is 70.9 Å². The van der Waals surface area contributed by atoms with Gasteiger partial charge in [-0.3, -0.25) is 80.3 Å². The van der Waals surface area contributed by atoms with Gasteiger partial charge in [0.25, 0.3) is 34.1 Å². The first-order valence-corrected chi connectivity index (χ1v) is 18.6. The summed E-state index contributed by atoms with van der Waals surface area (Å²) in [5, 5.41) is 155. The number of hydrogen-bond acceptors (Lipinski definition) is 26. The van der Waals surface area contributed by atoms with Gasteiger partial charge in [0.2, 0.25) is 0 Å². The van der Waals surface area contributed by atoms with E-state index in [1.807, 2.05) is 19.6 Å². The first-order valence-electron chi connectivity index (χ1n) is 18.6. The molecule has 0 saturated heterocycles. The third-order valence-corrected chi connectivity index (χ3v) is 8.07. The average Bonchev–Trinajstić information content (AvgIpc) is 3.22. The quantitative estimate of drug-likeness (QED) is 0.0229. The van der Waals surface area contributed by atoms with Crippen LogP contribution >= 0.6 is 0 Å². The summed E-state index contributed by atoms with van der Waals surface area (Å²) in [6, 6.07) is 1.54. The number of aliphatic hydroxyl groups is 8. The normalized spacial score (nSPS) is 10.4. The van der Waals surface area contributed by atoms with E-state index in [2.05, 4.69) is 0 Å². The maximum absolute atomic E-state index is 11.1.